The van der Waals surface area contributed by atoms with Crippen molar-refractivity contribution in [3.05, 3.63) is 89.9 Å². The van der Waals surface area contributed by atoms with Crippen molar-refractivity contribution in [2.75, 3.05) is 0 Å². The van der Waals surface area contributed by atoms with E-state index in [1.807, 2.05) is 114 Å². The molecule has 294 valence electrons. The topological polar surface area (TPSA) is 113 Å². The first kappa shape index (κ1) is 51.4. The fraction of sp³-hybridized carbons (Fsp3) is 0.512. The molecule has 3 heterocycles. The van der Waals surface area contributed by atoms with E-state index < -0.39 is 10.8 Å². The number of nitrogens with zero attached hydrogens (tertiary/aromatic N) is 3. The summed E-state index contributed by atoms with van der Waals surface area (Å²) >= 11 is 0. The first-order valence-corrected chi connectivity index (χ1v) is 17.3. The number of ketones is 2. The second-order valence-corrected chi connectivity index (χ2v) is 17.4. The molecule has 0 aromatic carbocycles. The molecule has 0 aliphatic rings. The normalized spacial score (nSPS) is 12.4. The second kappa shape index (κ2) is 21.2. The van der Waals surface area contributed by atoms with Gasteiger partial charge >= 0.3 is 0 Å². The molecule has 9 heteroatoms. The van der Waals surface area contributed by atoms with Crippen LogP contribution in [0.1, 0.15) is 134 Å². The third kappa shape index (κ3) is 17.8. The summed E-state index contributed by atoms with van der Waals surface area (Å²) in [6.07, 6.45) is 12.4. The van der Waals surface area contributed by atoms with Gasteiger partial charge in [-0.05, 0) is 35.6 Å². The Balaban J connectivity index is 0. The Kier molecular flexibility index (Phi) is 21.0. The number of aliphatic hydroxyl groups is 2. The fourth-order valence-electron chi connectivity index (χ4n) is 3.64. The van der Waals surface area contributed by atoms with E-state index >= 15 is 0 Å². The smallest absolute Gasteiger partial charge is 0.164 e. The van der Waals surface area contributed by atoms with E-state index in [1.54, 1.807) is 0 Å². The van der Waals surface area contributed by atoms with Gasteiger partial charge in [0.15, 0.2) is 11.6 Å². The number of rotatable bonds is 6. The zero-order valence-corrected chi connectivity index (χ0v) is 38.6. The van der Waals surface area contributed by atoms with Gasteiger partial charge in [0, 0.05) is 94.0 Å². The third-order valence-electron chi connectivity index (χ3n) is 7.65. The average Bonchev–Trinajstić information content (AvgIpc) is 3.00. The van der Waals surface area contributed by atoms with Gasteiger partial charge in [0.05, 0.1) is 0 Å². The Morgan fingerprint density at radius 1 is 0.577 bits per heavy atom. The Hall–Kier alpha value is -2.75. The van der Waals surface area contributed by atoms with Gasteiger partial charge in [-0.1, -0.05) is 122 Å². The van der Waals surface area contributed by atoms with Crippen LogP contribution in [0, 0.1) is 34.1 Å². The summed E-state index contributed by atoms with van der Waals surface area (Å²) in [5.74, 6) is 1.12. The molecule has 0 amide bonds. The van der Waals surface area contributed by atoms with Gasteiger partial charge < -0.3 is 20.2 Å². The van der Waals surface area contributed by atoms with Crippen molar-refractivity contribution >= 4 is 11.6 Å². The van der Waals surface area contributed by atoms with Crippen molar-refractivity contribution in [3.63, 3.8) is 0 Å². The first-order valence-electron chi connectivity index (χ1n) is 17.3. The van der Waals surface area contributed by atoms with E-state index in [9.17, 15) is 19.8 Å². The SMILES string of the molecule is CC(C)(C)C(=O)/C=C(\O)C(C)(C)C.CC(C)(C)C(=O)/C=C(\O)C(C)(C)C.CC(C)c1ccnc(-c2[c-]n[c-]c(-c3cc(C(C)C)ccn3)c2)c1.[Pt].[Pt]. The van der Waals surface area contributed by atoms with E-state index in [0.717, 1.165) is 22.5 Å². The maximum atomic E-state index is 11.5. The molecule has 0 saturated carbocycles. The molecule has 0 radical (unpaired) electrons. The van der Waals surface area contributed by atoms with Crippen molar-refractivity contribution < 1.29 is 61.9 Å². The van der Waals surface area contributed by atoms with E-state index in [0.29, 0.717) is 11.8 Å². The molecule has 0 unspecified atom stereocenters. The number of aromatic nitrogens is 3. The van der Waals surface area contributed by atoms with Crippen LogP contribution in [0.3, 0.4) is 0 Å². The maximum absolute atomic E-state index is 11.5. The Bertz CT molecular complexity index is 1530. The molecule has 0 atom stereocenters. The largest absolute Gasteiger partial charge is 0.512 e. The van der Waals surface area contributed by atoms with Crippen molar-refractivity contribution in [1.29, 1.82) is 0 Å². The summed E-state index contributed by atoms with van der Waals surface area (Å²) in [5.41, 5.74) is 4.46. The number of hydrogen-bond donors (Lipinski definition) is 2. The van der Waals surface area contributed by atoms with Crippen LogP contribution in [0.4, 0.5) is 0 Å². The molecule has 0 aliphatic heterocycles. The van der Waals surface area contributed by atoms with Crippen LogP contribution in [0.15, 0.2) is 66.4 Å². The molecule has 0 bridgehead atoms. The molecule has 2 N–H and O–H groups in total. The molecule has 3 rings (SSSR count). The van der Waals surface area contributed by atoms with Gasteiger partial charge in [0.2, 0.25) is 0 Å². The van der Waals surface area contributed by atoms with Gasteiger partial charge in [-0.25, -0.2) is 11.6 Å². The molecule has 0 aliphatic carbocycles. The predicted molar refractivity (Wildman–Crippen MR) is 206 cm³/mol. The van der Waals surface area contributed by atoms with Crippen molar-refractivity contribution in [3.8, 4) is 22.5 Å². The van der Waals surface area contributed by atoms with Crippen LogP contribution in [0.2, 0.25) is 0 Å². The summed E-state index contributed by atoms with van der Waals surface area (Å²) in [6, 6.07) is 10.3. The fourth-order valence-corrected chi connectivity index (χ4v) is 3.64. The number of aliphatic hydroxyl groups excluding tert-OH is 2. The second-order valence-electron chi connectivity index (χ2n) is 17.4. The van der Waals surface area contributed by atoms with E-state index in [-0.39, 0.29) is 76.0 Å². The van der Waals surface area contributed by atoms with Gasteiger partial charge in [-0.2, -0.15) is 18.0 Å². The molecule has 0 fully saturated rings. The van der Waals surface area contributed by atoms with Crippen molar-refractivity contribution in [2.45, 2.75) is 123 Å². The number of allylic oxidation sites excluding steroid dienone is 4. The quantitative estimate of drug-likeness (QED) is 0.144. The number of hydrogen-bond acceptors (Lipinski definition) is 7. The van der Waals surface area contributed by atoms with E-state index in [2.05, 4.69) is 67.2 Å². The average molecular weight is 1070 g/mol. The van der Waals surface area contributed by atoms with Crippen molar-refractivity contribution in [1.82, 2.24) is 15.0 Å². The predicted octanol–water partition coefficient (Wildman–Crippen LogP) is 11.2. The molecule has 7 nitrogen and oxygen atoms in total. The molecular formula is C43H61N3O4Pt2-2. The molecule has 3 aromatic heterocycles. The zero-order chi connectivity index (χ0) is 38.8. The van der Waals surface area contributed by atoms with Crippen LogP contribution < -0.4 is 0 Å². The van der Waals surface area contributed by atoms with Crippen LogP contribution >= 0.6 is 0 Å². The third-order valence-corrected chi connectivity index (χ3v) is 7.65. The summed E-state index contributed by atoms with van der Waals surface area (Å²) in [5, 5.41) is 19.1. The number of carbonyl (C=O) groups is 2. The van der Waals surface area contributed by atoms with Crippen molar-refractivity contribution in [2.24, 2.45) is 21.7 Å². The van der Waals surface area contributed by atoms with Gasteiger partial charge in [0.25, 0.3) is 0 Å². The Morgan fingerprint density at radius 3 is 1.13 bits per heavy atom. The van der Waals surface area contributed by atoms with E-state index in [4.69, 9.17) is 0 Å². The van der Waals surface area contributed by atoms with Gasteiger partial charge in [-0.15, -0.1) is 6.07 Å². The summed E-state index contributed by atoms with van der Waals surface area (Å²) < 4.78 is 0. The standard InChI is InChI=1S/C21H21N3.2C11H20O2.2Pt/c1-14(2)16-5-7-23-20(10-16)18-9-19(13-22-12-18)21-11-17(15(3)4)6-8-24-21;2*1-10(2,3)8(12)7-9(13)11(4,5)6;;/h5-11,14-15H,1-4H3;2*7,12H,1-6H3;;/q-2;;;;/b;2*8-7-;;. The summed E-state index contributed by atoms with van der Waals surface area (Å²) in [4.78, 5) is 36.1. The van der Waals surface area contributed by atoms with Crippen LogP contribution in [0.5, 0.6) is 0 Å². The minimum Gasteiger partial charge on any atom is -0.512 e. The van der Waals surface area contributed by atoms with Crippen LogP contribution in [0.25, 0.3) is 22.5 Å². The molecule has 0 spiro atoms. The van der Waals surface area contributed by atoms with Gasteiger partial charge in [-0.3, -0.25) is 14.6 Å². The molecular weight excluding hydrogens is 1010 g/mol. The first-order chi connectivity index (χ1) is 22.6. The summed E-state index contributed by atoms with van der Waals surface area (Å²) in [6.45, 7) is 30.9. The number of carbonyl (C=O) groups excluding carboxylic acids is 2. The zero-order valence-electron chi connectivity index (χ0n) is 34.0. The van der Waals surface area contributed by atoms with Crippen LogP contribution in [-0.4, -0.2) is 36.7 Å². The Labute approximate surface area is 343 Å². The van der Waals surface area contributed by atoms with E-state index in [1.165, 1.54) is 23.3 Å². The monoisotopic (exact) mass is 1070 g/mol. The number of pyridine rings is 3. The molecule has 0 saturated heterocycles. The molecule has 52 heavy (non-hydrogen) atoms. The minimum absolute atomic E-state index is 0. The maximum Gasteiger partial charge on any atom is 0.164 e. The van der Waals surface area contributed by atoms with Gasteiger partial charge in [0.1, 0.15) is 11.5 Å². The van der Waals surface area contributed by atoms with Crippen LogP contribution in [-0.2, 0) is 51.7 Å². The Morgan fingerprint density at radius 2 is 0.885 bits per heavy atom. The molecule has 3 aromatic rings. The summed E-state index contributed by atoms with van der Waals surface area (Å²) in [7, 11) is 0. The minimum atomic E-state index is -0.417.